The van der Waals surface area contributed by atoms with E-state index in [1.165, 1.54) is 5.56 Å². The van der Waals surface area contributed by atoms with Gasteiger partial charge in [0.2, 0.25) is 0 Å². The lowest BCUT2D eigenvalue weighted by Gasteiger charge is -2.10. The van der Waals surface area contributed by atoms with Crippen LogP contribution in [-0.4, -0.2) is 6.54 Å². The Bertz CT molecular complexity index is 355. The smallest absolute Gasteiger partial charge is 0.0671 e. The Morgan fingerprint density at radius 3 is 2.93 bits per heavy atom. The van der Waals surface area contributed by atoms with E-state index < -0.39 is 0 Å². The first-order chi connectivity index (χ1) is 6.65. The standard InChI is InChI=1S/C11H13BrN2/c1-8(6-13)7-14-10-5-3-4-9(2)11(10)12/h3-5,8,14H,7H2,1-2H3. The summed E-state index contributed by atoms with van der Waals surface area (Å²) in [6, 6.07) is 8.24. The molecule has 1 atom stereocenters. The van der Waals surface area contributed by atoms with E-state index >= 15 is 0 Å². The number of benzene rings is 1. The van der Waals surface area contributed by atoms with Crippen LogP contribution in [0.15, 0.2) is 22.7 Å². The molecule has 0 aliphatic carbocycles. The van der Waals surface area contributed by atoms with E-state index in [0.717, 1.165) is 10.2 Å². The zero-order valence-electron chi connectivity index (χ0n) is 8.34. The van der Waals surface area contributed by atoms with Crippen molar-refractivity contribution in [2.45, 2.75) is 13.8 Å². The molecule has 3 heteroatoms. The van der Waals surface area contributed by atoms with Crippen LogP contribution in [0.3, 0.4) is 0 Å². The fraction of sp³-hybridized carbons (Fsp3) is 0.364. The summed E-state index contributed by atoms with van der Waals surface area (Å²) in [5.41, 5.74) is 2.24. The van der Waals surface area contributed by atoms with Crippen LogP contribution in [0.25, 0.3) is 0 Å². The number of aryl methyl sites for hydroxylation is 1. The second-order valence-corrected chi connectivity index (χ2v) is 4.14. The van der Waals surface area contributed by atoms with Gasteiger partial charge in [0.1, 0.15) is 0 Å². The lowest BCUT2D eigenvalue weighted by atomic mass is 10.2. The maximum atomic E-state index is 8.63. The lowest BCUT2D eigenvalue weighted by Crippen LogP contribution is -2.09. The van der Waals surface area contributed by atoms with Crippen molar-refractivity contribution in [3.63, 3.8) is 0 Å². The Morgan fingerprint density at radius 2 is 2.29 bits per heavy atom. The monoisotopic (exact) mass is 252 g/mol. The van der Waals surface area contributed by atoms with E-state index in [1.807, 2.05) is 32.0 Å². The second kappa shape index (κ2) is 5.02. The summed E-state index contributed by atoms with van der Waals surface area (Å²) in [5, 5.41) is 11.9. The number of rotatable bonds is 3. The molecule has 0 fully saturated rings. The first-order valence-electron chi connectivity index (χ1n) is 4.53. The van der Waals surface area contributed by atoms with Crippen molar-refractivity contribution >= 4 is 21.6 Å². The third-order valence-electron chi connectivity index (χ3n) is 2.01. The molecule has 0 saturated heterocycles. The van der Waals surface area contributed by atoms with Crippen molar-refractivity contribution < 1.29 is 0 Å². The van der Waals surface area contributed by atoms with Crippen molar-refractivity contribution in [3.8, 4) is 6.07 Å². The van der Waals surface area contributed by atoms with Crippen LogP contribution in [0.5, 0.6) is 0 Å². The molecule has 2 nitrogen and oxygen atoms in total. The van der Waals surface area contributed by atoms with Gasteiger partial charge in [0.25, 0.3) is 0 Å². The first kappa shape index (κ1) is 11.1. The Morgan fingerprint density at radius 1 is 1.57 bits per heavy atom. The van der Waals surface area contributed by atoms with Crippen LogP contribution in [0, 0.1) is 24.2 Å². The molecule has 1 N–H and O–H groups in total. The molecule has 0 bridgehead atoms. The molecule has 0 aliphatic rings. The SMILES string of the molecule is Cc1cccc(NCC(C)C#N)c1Br. The fourth-order valence-corrected chi connectivity index (χ4v) is 1.50. The number of halogens is 1. The van der Waals surface area contributed by atoms with Gasteiger partial charge in [-0.25, -0.2) is 0 Å². The van der Waals surface area contributed by atoms with Gasteiger partial charge in [-0.2, -0.15) is 5.26 Å². The predicted molar refractivity (Wildman–Crippen MR) is 62.1 cm³/mol. The number of nitrogens with one attached hydrogen (secondary N) is 1. The highest BCUT2D eigenvalue weighted by Crippen LogP contribution is 2.25. The van der Waals surface area contributed by atoms with E-state index in [0.29, 0.717) is 6.54 Å². The quantitative estimate of drug-likeness (QED) is 0.896. The molecule has 0 saturated carbocycles. The third-order valence-corrected chi connectivity index (χ3v) is 3.06. The number of nitrogens with zero attached hydrogens (tertiary/aromatic N) is 1. The van der Waals surface area contributed by atoms with Gasteiger partial charge in [0, 0.05) is 16.7 Å². The van der Waals surface area contributed by atoms with Gasteiger partial charge < -0.3 is 5.32 Å². The summed E-state index contributed by atoms with van der Waals surface area (Å²) in [5.74, 6) is 0.0300. The Balaban J connectivity index is 2.69. The molecule has 1 aromatic rings. The summed E-state index contributed by atoms with van der Waals surface area (Å²) in [7, 11) is 0. The lowest BCUT2D eigenvalue weighted by molar-refractivity contribution is 0.786. The largest absolute Gasteiger partial charge is 0.383 e. The molecule has 0 radical (unpaired) electrons. The molecule has 1 unspecified atom stereocenters. The molecule has 74 valence electrons. The van der Waals surface area contributed by atoms with Gasteiger partial charge in [-0.3, -0.25) is 0 Å². The maximum Gasteiger partial charge on any atom is 0.0671 e. The van der Waals surface area contributed by atoms with Crippen LogP contribution < -0.4 is 5.32 Å². The molecule has 0 heterocycles. The molecular formula is C11H13BrN2. The molecule has 0 spiro atoms. The number of hydrogen-bond donors (Lipinski definition) is 1. The normalized spacial score (nSPS) is 11.9. The summed E-state index contributed by atoms with van der Waals surface area (Å²) in [6.07, 6.45) is 0. The van der Waals surface area contributed by atoms with Crippen molar-refractivity contribution in [2.24, 2.45) is 5.92 Å². The summed E-state index contributed by atoms with van der Waals surface area (Å²) >= 11 is 3.51. The summed E-state index contributed by atoms with van der Waals surface area (Å²) in [6.45, 7) is 4.62. The molecule has 0 amide bonds. The van der Waals surface area contributed by atoms with Crippen LogP contribution >= 0.6 is 15.9 Å². The van der Waals surface area contributed by atoms with Gasteiger partial charge in [-0.05, 0) is 41.4 Å². The highest BCUT2D eigenvalue weighted by molar-refractivity contribution is 9.10. The molecule has 0 aliphatic heterocycles. The van der Waals surface area contributed by atoms with Gasteiger partial charge in [-0.15, -0.1) is 0 Å². The maximum absolute atomic E-state index is 8.63. The minimum absolute atomic E-state index is 0.0300. The zero-order chi connectivity index (χ0) is 10.6. The Labute approximate surface area is 93.1 Å². The van der Waals surface area contributed by atoms with Crippen molar-refractivity contribution in [1.82, 2.24) is 0 Å². The van der Waals surface area contributed by atoms with Gasteiger partial charge in [-0.1, -0.05) is 12.1 Å². The van der Waals surface area contributed by atoms with E-state index in [9.17, 15) is 0 Å². The minimum Gasteiger partial charge on any atom is -0.383 e. The van der Waals surface area contributed by atoms with E-state index in [2.05, 4.69) is 27.3 Å². The van der Waals surface area contributed by atoms with Crippen LogP contribution in [-0.2, 0) is 0 Å². The van der Waals surface area contributed by atoms with Gasteiger partial charge in [0.15, 0.2) is 0 Å². The number of nitriles is 1. The molecule has 14 heavy (non-hydrogen) atoms. The predicted octanol–water partition coefficient (Wildman–Crippen LogP) is 3.33. The van der Waals surface area contributed by atoms with Crippen LogP contribution in [0.2, 0.25) is 0 Å². The minimum atomic E-state index is 0.0300. The average Bonchev–Trinajstić information content (AvgIpc) is 2.20. The van der Waals surface area contributed by atoms with Crippen LogP contribution in [0.4, 0.5) is 5.69 Å². The summed E-state index contributed by atoms with van der Waals surface area (Å²) in [4.78, 5) is 0. The van der Waals surface area contributed by atoms with Crippen molar-refractivity contribution in [2.75, 3.05) is 11.9 Å². The molecular weight excluding hydrogens is 240 g/mol. The van der Waals surface area contributed by atoms with Gasteiger partial charge >= 0.3 is 0 Å². The fourth-order valence-electron chi connectivity index (χ4n) is 1.09. The highest BCUT2D eigenvalue weighted by Gasteiger charge is 2.03. The Hall–Kier alpha value is -1.01. The van der Waals surface area contributed by atoms with Crippen LogP contribution in [0.1, 0.15) is 12.5 Å². The van der Waals surface area contributed by atoms with E-state index in [-0.39, 0.29) is 5.92 Å². The average molecular weight is 253 g/mol. The highest BCUT2D eigenvalue weighted by atomic mass is 79.9. The van der Waals surface area contributed by atoms with E-state index in [1.54, 1.807) is 0 Å². The first-order valence-corrected chi connectivity index (χ1v) is 5.33. The topological polar surface area (TPSA) is 35.8 Å². The van der Waals surface area contributed by atoms with Crippen molar-refractivity contribution in [1.29, 1.82) is 5.26 Å². The second-order valence-electron chi connectivity index (χ2n) is 3.35. The molecule has 1 aromatic carbocycles. The molecule has 0 aromatic heterocycles. The molecule has 1 rings (SSSR count). The van der Waals surface area contributed by atoms with Crippen molar-refractivity contribution in [3.05, 3.63) is 28.2 Å². The number of hydrogen-bond acceptors (Lipinski definition) is 2. The summed E-state index contributed by atoms with van der Waals surface area (Å²) < 4.78 is 1.07. The van der Waals surface area contributed by atoms with E-state index in [4.69, 9.17) is 5.26 Å². The number of anilines is 1. The van der Waals surface area contributed by atoms with Gasteiger partial charge in [0.05, 0.1) is 12.0 Å². The Kier molecular flexibility index (Phi) is 3.97. The zero-order valence-corrected chi connectivity index (χ0v) is 9.93. The third kappa shape index (κ3) is 2.74.